The number of fused-ring (bicyclic) bond motifs is 1. The molecule has 0 spiro atoms. The summed E-state index contributed by atoms with van der Waals surface area (Å²) >= 11 is 0. The third kappa shape index (κ3) is 3.16. The van der Waals surface area contributed by atoms with Crippen molar-refractivity contribution in [2.45, 2.75) is 6.42 Å². The van der Waals surface area contributed by atoms with Gasteiger partial charge in [-0.15, -0.1) is 0 Å². The van der Waals surface area contributed by atoms with Gasteiger partial charge in [0, 0.05) is 6.42 Å². The Morgan fingerprint density at radius 2 is 1.85 bits per heavy atom. The summed E-state index contributed by atoms with van der Waals surface area (Å²) in [6.07, 6.45) is 0.448. The lowest BCUT2D eigenvalue weighted by atomic mass is 10.1. The van der Waals surface area contributed by atoms with Crippen LogP contribution in [0.5, 0.6) is 5.75 Å². The number of para-hydroxylation sites is 1. The molecular weight excluding hydrogens is 337 g/mol. The van der Waals surface area contributed by atoms with Crippen LogP contribution < -0.4 is 10.1 Å². The van der Waals surface area contributed by atoms with Gasteiger partial charge in [0.15, 0.2) is 5.82 Å². The molecule has 0 radical (unpaired) electrons. The van der Waals surface area contributed by atoms with Crippen LogP contribution in [0, 0.1) is 5.82 Å². The Balaban J connectivity index is 1.75. The van der Waals surface area contributed by atoms with E-state index in [1.807, 2.05) is 24.3 Å². The number of ether oxygens (including phenoxy) is 1. The van der Waals surface area contributed by atoms with Gasteiger partial charge in [0.1, 0.15) is 11.6 Å². The number of hydrogen-bond donors (Lipinski definition) is 1. The maximum atomic E-state index is 14.0. The lowest BCUT2D eigenvalue weighted by Gasteiger charge is -2.11. The molecule has 8 heteroatoms. The zero-order chi connectivity index (χ0) is 17.9. The van der Waals surface area contributed by atoms with E-state index >= 15 is 0 Å². The Labute approximate surface area is 147 Å². The highest BCUT2D eigenvalue weighted by molar-refractivity contribution is 5.70. The molecule has 0 fully saturated rings. The van der Waals surface area contributed by atoms with E-state index in [0.717, 1.165) is 11.3 Å². The highest BCUT2D eigenvalue weighted by atomic mass is 19.1. The summed E-state index contributed by atoms with van der Waals surface area (Å²) in [7, 11) is 1.61. The van der Waals surface area contributed by atoms with Gasteiger partial charge in [0.25, 0.3) is 0 Å². The number of aromatic nitrogens is 4. The fourth-order valence-corrected chi connectivity index (χ4v) is 2.56. The number of nitrogens with one attached hydrogen (secondary N) is 1. The predicted octanol–water partition coefficient (Wildman–Crippen LogP) is 3.49. The number of benzene rings is 2. The first kappa shape index (κ1) is 15.9. The quantitative estimate of drug-likeness (QED) is 0.589. The summed E-state index contributed by atoms with van der Waals surface area (Å²) in [4.78, 5) is 8.83. The van der Waals surface area contributed by atoms with Gasteiger partial charge in [-0.2, -0.15) is 0 Å². The molecule has 4 aromatic rings. The first-order valence-corrected chi connectivity index (χ1v) is 7.86. The first-order valence-electron chi connectivity index (χ1n) is 7.86. The lowest BCUT2D eigenvalue weighted by molar-refractivity contribution is 0.314. The monoisotopic (exact) mass is 351 g/mol. The summed E-state index contributed by atoms with van der Waals surface area (Å²) in [5.41, 5.74) is 2.39. The molecule has 0 aliphatic heterocycles. The maximum Gasteiger partial charge on any atom is 0.245 e. The average Bonchev–Trinajstić information content (AvgIpc) is 3.11. The Morgan fingerprint density at radius 3 is 2.65 bits per heavy atom. The van der Waals surface area contributed by atoms with Crippen LogP contribution in [-0.2, 0) is 6.42 Å². The third-order valence-electron chi connectivity index (χ3n) is 3.82. The molecular formula is C18H14FN5O2. The molecule has 7 nitrogen and oxygen atoms in total. The number of rotatable bonds is 5. The van der Waals surface area contributed by atoms with Crippen molar-refractivity contribution >= 4 is 22.8 Å². The van der Waals surface area contributed by atoms with E-state index in [9.17, 15) is 4.39 Å². The summed E-state index contributed by atoms with van der Waals surface area (Å²) in [6, 6.07) is 13.9. The number of nitrogens with zero attached hydrogens (tertiary/aromatic N) is 4. The van der Waals surface area contributed by atoms with E-state index < -0.39 is 0 Å². The first-order chi connectivity index (χ1) is 12.7. The minimum absolute atomic E-state index is 0.248. The molecule has 0 aliphatic rings. The molecule has 4 rings (SSSR count). The molecule has 1 N–H and O–H groups in total. The van der Waals surface area contributed by atoms with Crippen LogP contribution in [0.4, 0.5) is 15.9 Å². The largest absolute Gasteiger partial charge is 0.497 e. The van der Waals surface area contributed by atoms with Crippen molar-refractivity contribution in [1.29, 1.82) is 0 Å². The van der Waals surface area contributed by atoms with Crippen LogP contribution >= 0.6 is 0 Å². The molecule has 0 aliphatic carbocycles. The molecule has 130 valence electrons. The van der Waals surface area contributed by atoms with Gasteiger partial charge in [0.2, 0.25) is 11.3 Å². The van der Waals surface area contributed by atoms with E-state index in [1.54, 1.807) is 25.3 Å². The van der Waals surface area contributed by atoms with Crippen molar-refractivity contribution < 1.29 is 13.8 Å². The lowest BCUT2D eigenvalue weighted by Crippen LogP contribution is -2.05. The smallest absolute Gasteiger partial charge is 0.245 e. The minimum atomic E-state index is -0.389. The Hall–Kier alpha value is -3.55. The van der Waals surface area contributed by atoms with Crippen LogP contribution in [0.1, 0.15) is 11.3 Å². The van der Waals surface area contributed by atoms with Crippen LogP contribution in [0.2, 0.25) is 0 Å². The second-order valence-corrected chi connectivity index (χ2v) is 5.56. The van der Waals surface area contributed by atoms with Crippen molar-refractivity contribution in [2.24, 2.45) is 0 Å². The van der Waals surface area contributed by atoms with Gasteiger partial charge in [-0.25, -0.2) is 19.0 Å². The van der Waals surface area contributed by atoms with Gasteiger partial charge in [-0.3, -0.25) is 0 Å². The van der Waals surface area contributed by atoms with E-state index in [4.69, 9.17) is 4.74 Å². The van der Waals surface area contributed by atoms with Crippen molar-refractivity contribution in [3.05, 3.63) is 65.6 Å². The predicted molar refractivity (Wildman–Crippen MR) is 92.9 cm³/mol. The SMILES string of the molecule is COc1cccc(Cc2nc3nonc3nc2Nc2ccccc2F)c1. The van der Waals surface area contributed by atoms with E-state index in [0.29, 0.717) is 29.3 Å². The van der Waals surface area contributed by atoms with Gasteiger partial charge < -0.3 is 10.1 Å². The van der Waals surface area contributed by atoms with Gasteiger partial charge in [0.05, 0.1) is 18.5 Å². The molecule has 0 amide bonds. The summed E-state index contributed by atoms with van der Waals surface area (Å²) in [5.74, 6) is 0.740. The molecule has 2 aromatic heterocycles. The molecule has 0 unspecified atom stereocenters. The van der Waals surface area contributed by atoms with Crippen LogP contribution in [0.3, 0.4) is 0 Å². The van der Waals surface area contributed by atoms with E-state index in [-0.39, 0.29) is 11.5 Å². The molecule has 0 atom stereocenters. The molecule has 0 saturated carbocycles. The topological polar surface area (TPSA) is 86.0 Å². The van der Waals surface area contributed by atoms with Gasteiger partial charge in [-0.1, -0.05) is 24.3 Å². The second-order valence-electron chi connectivity index (χ2n) is 5.56. The number of methoxy groups -OCH3 is 1. The van der Waals surface area contributed by atoms with Gasteiger partial charge >= 0.3 is 0 Å². The van der Waals surface area contributed by atoms with Crippen molar-refractivity contribution in [2.75, 3.05) is 12.4 Å². The molecule has 0 bridgehead atoms. The molecule has 26 heavy (non-hydrogen) atoms. The second kappa shape index (κ2) is 6.75. The van der Waals surface area contributed by atoms with Gasteiger partial charge in [-0.05, 0) is 40.1 Å². The van der Waals surface area contributed by atoms with Crippen molar-refractivity contribution in [3.63, 3.8) is 0 Å². The van der Waals surface area contributed by atoms with Crippen LogP contribution in [-0.4, -0.2) is 27.4 Å². The van der Waals surface area contributed by atoms with E-state index in [2.05, 4.69) is 30.2 Å². The molecule has 2 aromatic carbocycles. The van der Waals surface area contributed by atoms with Crippen molar-refractivity contribution in [3.8, 4) is 5.75 Å². The number of halogens is 1. The zero-order valence-electron chi connectivity index (χ0n) is 13.8. The summed E-state index contributed by atoms with van der Waals surface area (Å²) in [6.45, 7) is 0. The van der Waals surface area contributed by atoms with E-state index in [1.165, 1.54) is 6.07 Å². The summed E-state index contributed by atoms with van der Waals surface area (Å²) < 4.78 is 24.0. The summed E-state index contributed by atoms with van der Waals surface area (Å²) in [5, 5.41) is 10.4. The maximum absolute atomic E-state index is 14.0. The Morgan fingerprint density at radius 1 is 1.04 bits per heavy atom. The average molecular weight is 351 g/mol. The van der Waals surface area contributed by atoms with Crippen LogP contribution in [0.25, 0.3) is 11.3 Å². The van der Waals surface area contributed by atoms with Crippen LogP contribution in [0.15, 0.2) is 53.2 Å². The third-order valence-corrected chi connectivity index (χ3v) is 3.82. The number of anilines is 2. The molecule has 2 heterocycles. The highest BCUT2D eigenvalue weighted by Crippen LogP contribution is 2.24. The fourth-order valence-electron chi connectivity index (χ4n) is 2.56. The highest BCUT2D eigenvalue weighted by Gasteiger charge is 2.15. The number of hydrogen-bond acceptors (Lipinski definition) is 7. The Bertz CT molecular complexity index is 1070. The Kier molecular flexibility index (Phi) is 4.14. The fraction of sp³-hybridized carbons (Fsp3) is 0.111. The van der Waals surface area contributed by atoms with Crippen molar-refractivity contribution in [1.82, 2.24) is 20.3 Å². The standard InChI is InChI=1S/C18H14FN5O2/c1-25-12-6-4-5-11(9-12)10-15-16(20-14-8-3-2-7-13(14)19)22-18-17(21-15)23-26-24-18/h2-9H,10H2,1H3,(H,20,22,24). The minimum Gasteiger partial charge on any atom is -0.497 e. The normalized spacial score (nSPS) is 10.8. The zero-order valence-corrected chi connectivity index (χ0v) is 13.8. The molecule has 0 saturated heterocycles.